The Balaban J connectivity index is 2.47. The minimum Gasteiger partial charge on any atom is -0.493 e. The number of benzene rings is 1. The number of fused-ring (bicyclic) bond motifs is 1. The van der Waals surface area contributed by atoms with E-state index < -0.39 is 5.54 Å². The second-order valence-corrected chi connectivity index (χ2v) is 4.52. The molecule has 1 amide bonds. The average Bonchev–Trinajstić information content (AvgIpc) is 2.38. The molecule has 18 heavy (non-hydrogen) atoms. The van der Waals surface area contributed by atoms with Gasteiger partial charge in [0, 0.05) is 12.1 Å². The third-order valence-electron chi connectivity index (χ3n) is 3.39. The van der Waals surface area contributed by atoms with Crippen molar-refractivity contribution in [3.05, 3.63) is 12.1 Å². The highest BCUT2D eigenvalue weighted by Crippen LogP contribution is 2.40. The van der Waals surface area contributed by atoms with Crippen LogP contribution >= 0.6 is 0 Å². The topological polar surface area (TPSA) is 59.6 Å². The summed E-state index contributed by atoms with van der Waals surface area (Å²) >= 11 is 0. The predicted molar refractivity (Wildman–Crippen MR) is 70.5 cm³/mol. The lowest BCUT2D eigenvalue weighted by molar-refractivity contribution is -0.120. The normalized spacial score (nSPS) is 21.7. The zero-order valence-electron chi connectivity index (χ0n) is 11.1. The molecule has 5 heteroatoms. The fraction of sp³-hybridized carbons (Fsp3) is 0.462. The van der Waals surface area contributed by atoms with E-state index in [1.807, 2.05) is 19.9 Å². The van der Waals surface area contributed by atoms with Crippen molar-refractivity contribution in [2.45, 2.75) is 25.8 Å². The summed E-state index contributed by atoms with van der Waals surface area (Å²) in [7, 11) is 3.16. The lowest BCUT2D eigenvalue weighted by Crippen LogP contribution is -2.49. The molecule has 98 valence electrons. The van der Waals surface area contributed by atoms with Crippen LogP contribution in [0.25, 0.3) is 0 Å². The summed E-state index contributed by atoms with van der Waals surface area (Å²) in [6, 6.07) is 3.59. The number of nitrogens with one attached hydrogen (secondary N) is 2. The minimum atomic E-state index is -0.591. The number of hydrogen-bond acceptors (Lipinski definition) is 4. The van der Waals surface area contributed by atoms with Crippen LogP contribution in [0.5, 0.6) is 11.5 Å². The number of ether oxygens (including phenoxy) is 2. The first-order chi connectivity index (χ1) is 8.54. The summed E-state index contributed by atoms with van der Waals surface area (Å²) in [6.45, 7) is 3.85. The van der Waals surface area contributed by atoms with E-state index in [1.54, 1.807) is 20.3 Å². The fourth-order valence-electron chi connectivity index (χ4n) is 1.95. The SMILES string of the molecule is CCC1(C)Nc2cc(OC)c(OC)cc2NC1=O. The number of rotatable bonds is 3. The lowest BCUT2D eigenvalue weighted by Gasteiger charge is -2.35. The molecule has 0 bridgehead atoms. The van der Waals surface area contributed by atoms with Gasteiger partial charge in [-0.25, -0.2) is 0 Å². The lowest BCUT2D eigenvalue weighted by atomic mass is 9.94. The monoisotopic (exact) mass is 250 g/mol. The molecule has 1 aliphatic rings. The van der Waals surface area contributed by atoms with E-state index >= 15 is 0 Å². The second-order valence-electron chi connectivity index (χ2n) is 4.52. The van der Waals surface area contributed by atoms with Gasteiger partial charge in [-0.05, 0) is 13.3 Å². The van der Waals surface area contributed by atoms with Gasteiger partial charge in [0.15, 0.2) is 11.5 Å². The quantitative estimate of drug-likeness (QED) is 0.863. The molecule has 1 atom stereocenters. The number of methoxy groups -OCH3 is 2. The van der Waals surface area contributed by atoms with Gasteiger partial charge in [-0.1, -0.05) is 6.92 Å². The van der Waals surface area contributed by atoms with Crippen molar-refractivity contribution in [3.8, 4) is 11.5 Å². The van der Waals surface area contributed by atoms with Crippen LogP contribution in [0.3, 0.4) is 0 Å². The third-order valence-corrected chi connectivity index (χ3v) is 3.39. The Hall–Kier alpha value is -1.91. The van der Waals surface area contributed by atoms with Gasteiger partial charge in [0.1, 0.15) is 5.54 Å². The molecule has 0 fully saturated rings. The summed E-state index contributed by atoms with van der Waals surface area (Å²) < 4.78 is 10.5. The Kier molecular flexibility index (Phi) is 3.07. The van der Waals surface area contributed by atoms with Gasteiger partial charge in [-0.3, -0.25) is 4.79 Å². The maximum atomic E-state index is 12.0. The van der Waals surface area contributed by atoms with Crippen molar-refractivity contribution in [3.63, 3.8) is 0 Å². The zero-order chi connectivity index (χ0) is 13.3. The molecule has 0 aromatic heterocycles. The molecule has 2 rings (SSSR count). The van der Waals surface area contributed by atoms with E-state index in [0.29, 0.717) is 23.6 Å². The molecular weight excluding hydrogens is 232 g/mol. The van der Waals surface area contributed by atoms with Crippen LogP contribution in [0, 0.1) is 0 Å². The Morgan fingerprint density at radius 2 is 1.72 bits per heavy atom. The van der Waals surface area contributed by atoms with E-state index in [1.165, 1.54) is 0 Å². The zero-order valence-corrected chi connectivity index (χ0v) is 11.1. The van der Waals surface area contributed by atoms with Crippen LogP contribution in [0.4, 0.5) is 11.4 Å². The highest BCUT2D eigenvalue weighted by Gasteiger charge is 2.36. The number of amides is 1. The molecule has 1 aliphatic heterocycles. The van der Waals surface area contributed by atoms with Gasteiger partial charge >= 0.3 is 0 Å². The van der Waals surface area contributed by atoms with Crippen LogP contribution < -0.4 is 20.1 Å². The molecule has 2 N–H and O–H groups in total. The molecule has 0 spiro atoms. The first-order valence-corrected chi connectivity index (χ1v) is 5.89. The first-order valence-electron chi connectivity index (χ1n) is 5.89. The molecule has 1 heterocycles. The van der Waals surface area contributed by atoms with E-state index in [2.05, 4.69) is 10.6 Å². The Bertz CT molecular complexity index is 487. The Morgan fingerprint density at radius 3 is 2.22 bits per heavy atom. The molecular formula is C13H18N2O3. The van der Waals surface area contributed by atoms with Gasteiger partial charge in [-0.15, -0.1) is 0 Å². The summed E-state index contributed by atoms with van der Waals surface area (Å²) in [4.78, 5) is 12.0. The van der Waals surface area contributed by atoms with E-state index in [9.17, 15) is 4.79 Å². The second kappa shape index (κ2) is 4.40. The number of anilines is 2. The van der Waals surface area contributed by atoms with Gasteiger partial charge < -0.3 is 20.1 Å². The van der Waals surface area contributed by atoms with Crippen LogP contribution in [0.2, 0.25) is 0 Å². The van der Waals surface area contributed by atoms with Crippen molar-refractivity contribution < 1.29 is 14.3 Å². The highest BCUT2D eigenvalue weighted by molar-refractivity contribution is 6.06. The number of carbonyl (C=O) groups excluding carboxylic acids is 1. The van der Waals surface area contributed by atoms with Gasteiger partial charge in [0.05, 0.1) is 25.6 Å². The Labute approximate surface area is 106 Å². The molecule has 1 unspecified atom stereocenters. The van der Waals surface area contributed by atoms with E-state index in [0.717, 1.165) is 5.69 Å². The van der Waals surface area contributed by atoms with Crippen molar-refractivity contribution >= 4 is 17.3 Å². The summed E-state index contributed by atoms with van der Waals surface area (Å²) in [6.07, 6.45) is 0.701. The fourth-order valence-corrected chi connectivity index (χ4v) is 1.95. The molecule has 1 aromatic carbocycles. The molecule has 1 aromatic rings. The van der Waals surface area contributed by atoms with Gasteiger partial charge in [-0.2, -0.15) is 0 Å². The van der Waals surface area contributed by atoms with Crippen molar-refractivity contribution in [2.75, 3.05) is 24.9 Å². The first kappa shape index (κ1) is 12.5. The largest absolute Gasteiger partial charge is 0.493 e. The van der Waals surface area contributed by atoms with E-state index in [4.69, 9.17) is 9.47 Å². The molecule has 0 saturated carbocycles. The minimum absolute atomic E-state index is 0.0373. The van der Waals surface area contributed by atoms with Crippen LogP contribution in [-0.2, 0) is 4.79 Å². The molecule has 5 nitrogen and oxygen atoms in total. The third kappa shape index (κ3) is 1.85. The van der Waals surface area contributed by atoms with Crippen molar-refractivity contribution in [2.24, 2.45) is 0 Å². The standard InChI is InChI=1S/C13H18N2O3/c1-5-13(2)12(16)14-8-6-10(17-3)11(18-4)7-9(8)15-13/h6-7,15H,5H2,1-4H3,(H,14,16). The van der Waals surface area contributed by atoms with Crippen LogP contribution in [-0.4, -0.2) is 25.7 Å². The summed E-state index contributed by atoms with van der Waals surface area (Å²) in [5, 5.41) is 6.14. The number of hydrogen-bond donors (Lipinski definition) is 2. The smallest absolute Gasteiger partial charge is 0.249 e. The van der Waals surface area contributed by atoms with Crippen LogP contribution in [0.1, 0.15) is 20.3 Å². The number of carbonyl (C=O) groups is 1. The van der Waals surface area contributed by atoms with Crippen molar-refractivity contribution in [1.82, 2.24) is 0 Å². The van der Waals surface area contributed by atoms with Gasteiger partial charge in [0.25, 0.3) is 0 Å². The van der Waals surface area contributed by atoms with Crippen LogP contribution in [0.15, 0.2) is 12.1 Å². The van der Waals surface area contributed by atoms with Crippen molar-refractivity contribution in [1.29, 1.82) is 0 Å². The van der Waals surface area contributed by atoms with Gasteiger partial charge in [0.2, 0.25) is 5.91 Å². The summed E-state index contributed by atoms with van der Waals surface area (Å²) in [5.41, 5.74) is 0.965. The maximum Gasteiger partial charge on any atom is 0.249 e. The van der Waals surface area contributed by atoms with E-state index in [-0.39, 0.29) is 5.91 Å². The predicted octanol–water partition coefficient (Wildman–Crippen LogP) is 2.24. The Morgan fingerprint density at radius 1 is 1.17 bits per heavy atom. The highest BCUT2D eigenvalue weighted by atomic mass is 16.5. The summed E-state index contributed by atoms with van der Waals surface area (Å²) in [5.74, 6) is 1.20. The maximum absolute atomic E-state index is 12.0. The molecule has 0 saturated heterocycles. The molecule has 0 aliphatic carbocycles. The molecule has 0 radical (unpaired) electrons. The average molecular weight is 250 g/mol.